The minimum atomic E-state index is -0.610. The van der Waals surface area contributed by atoms with Crippen molar-refractivity contribution in [3.8, 4) is 0 Å². The van der Waals surface area contributed by atoms with Gasteiger partial charge in [-0.15, -0.1) is 11.3 Å². The predicted molar refractivity (Wildman–Crippen MR) is 97.1 cm³/mol. The molecule has 4 rings (SSSR count). The number of thiophene rings is 1. The number of benzene rings is 1. The number of amides is 2. The molecule has 2 N–H and O–H groups in total. The van der Waals surface area contributed by atoms with Crippen molar-refractivity contribution in [1.82, 2.24) is 15.2 Å². The molecule has 1 atom stereocenters. The van der Waals surface area contributed by atoms with Crippen LogP contribution >= 0.6 is 27.3 Å². The third-order valence-corrected chi connectivity index (χ3v) is 5.51. The second-order valence-electron chi connectivity index (χ2n) is 5.63. The van der Waals surface area contributed by atoms with Crippen LogP contribution < -0.4 is 5.32 Å². The van der Waals surface area contributed by atoms with Crippen LogP contribution in [-0.4, -0.2) is 34.8 Å². The summed E-state index contributed by atoms with van der Waals surface area (Å²) in [7, 11) is 0. The third-order valence-electron chi connectivity index (χ3n) is 4.13. The number of hydrogen-bond donors (Lipinski definition) is 2. The number of halogens is 1. The summed E-state index contributed by atoms with van der Waals surface area (Å²) in [6, 6.07) is 10.7. The number of nitrogens with zero attached hydrogens (tertiary/aromatic N) is 1. The van der Waals surface area contributed by atoms with Crippen LogP contribution in [0.2, 0.25) is 0 Å². The maximum absolute atomic E-state index is 13.0. The zero-order chi connectivity index (χ0) is 16.7. The topological polar surface area (TPSA) is 65.2 Å². The second kappa shape index (κ2) is 6.07. The number of nitrogens with one attached hydrogen (secondary N) is 2. The molecule has 2 aromatic heterocycles. The van der Waals surface area contributed by atoms with Crippen LogP contribution in [-0.2, 0) is 4.79 Å². The Kier molecular flexibility index (Phi) is 3.90. The lowest BCUT2D eigenvalue weighted by molar-refractivity contribution is -0.128. The molecule has 3 aromatic rings. The van der Waals surface area contributed by atoms with E-state index in [0.29, 0.717) is 18.8 Å². The predicted octanol–water partition coefficient (Wildman–Crippen LogP) is 3.31. The maximum atomic E-state index is 13.0. The highest BCUT2D eigenvalue weighted by Crippen LogP contribution is 2.28. The number of aromatic nitrogens is 1. The van der Waals surface area contributed by atoms with E-state index in [1.165, 1.54) is 0 Å². The molecule has 1 saturated heterocycles. The van der Waals surface area contributed by atoms with E-state index >= 15 is 0 Å². The Hall–Kier alpha value is -2.12. The Balaban J connectivity index is 1.70. The monoisotopic (exact) mass is 403 g/mol. The zero-order valence-electron chi connectivity index (χ0n) is 12.6. The summed E-state index contributed by atoms with van der Waals surface area (Å²) in [5.74, 6) is -0.300. The molecule has 7 heteroatoms. The fourth-order valence-electron chi connectivity index (χ4n) is 2.98. The van der Waals surface area contributed by atoms with Gasteiger partial charge in [0, 0.05) is 22.9 Å². The van der Waals surface area contributed by atoms with Gasteiger partial charge in [0.15, 0.2) is 0 Å². The van der Waals surface area contributed by atoms with Gasteiger partial charge >= 0.3 is 0 Å². The van der Waals surface area contributed by atoms with Gasteiger partial charge in [-0.05, 0) is 35.2 Å². The van der Waals surface area contributed by atoms with Gasteiger partial charge in [0.1, 0.15) is 16.6 Å². The van der Waals surface area contributed by atoms with E-state index in [1.54, 1.807) is 16.2 Å². The zero-order valence-corrected chi connectivity index (χ0v) is 15.0. The molecule has 1 aliphatic heterocycles. The van der Waals surface area contributed by atoms with Crippen molar-refractivity contribution in [2.24, 2.45) is 0 Å². The number of rotatable bonds is 2. The number of carbonyl (C=O) groups is 2. The molecule has 122 valence electrons. The van der Waals surface area contributed by atoms with E-state index < -0.39 is 6.04 Å². The van der Waals surface area contributed by atoms with Crippen LogP contribution in [0, 0.1) is 0 Å². The van der Waals surface area contributed by atoms with Crippen LogP contribution in [0.15, 0.2) is 46.3 Å². The summed E-state index contributed by atoms with van der Waals surface area (Å²) in [6.45, 7) is 0.949. The van der Waals surface area contributed by atoms with Crippen LogP contribution in [0.4, 0.5) is 0 Å². The highest BCUT2D eigenvalue weighted by Gasteiger charge is 2.35. The lowest BCUT2D eigenvalue weighted by Gasteiger charge is -2.35. The Morgan fingerprint density at radius 1 is 1.25 bits per heavy atom. The van der Waals surface area contributed by atoms with Crippen molar-refractivity contribution in [3.05, 3.63) is 57.5 Å². The quantitative estimate of drug-likeness (QED) is 0.689. The largest absolute Gasteiger partial charge is 0.352 e. The van der Waals surface area contributed by atoms with E-state index in [0.717, 1.165) is 20.3 Å². The minimum Gasteiger partial charge on any atom is -0.352 e. The van der Waals surface area contributed by atoms with Crippen molar-refractivity contribution < 1.29 is 9.59 Å². The Bertz CT molecular complexity index is 887. The van der Waals surface area contributed by atoms with Crippen LogP contribution in [0.5, 0.6) is 0 Å². The number of H-pyrrole nitrogens is 1. The normalized spacial score (nSPS) is 18.0. The molecule has 3 heterocycles. The van der Waals surface area contributed by atoms with Gasteiger partial charge < -0.3 is 15.2 Å². The summed E-state index contributed by atoms with van der Waals surface area (Å²) >= 11 is 4.96. The first-order valence-corrected chi connectivity index (χ1v) is 9.21. The average molecular weight is 404 g/mol. The van der Waals surface area contributed by atoms with Crippen LogP contribution in [0.1, 0.15) is 22.1 Å². The van der Waals surface area contributed by atoms with Gasteiger partial charge in [0.2, 0.25) is 5.91 Å². The Labute approximate surface area is 150 Å². The van der Waals surface area contributed by atoms with E-state index in [1.807, 2.05) is 41.8 Å². The number of fused-ring (bicyclic) bond motifs is 1. The SMILES string of the molecule is O=C1NCCN(C(=O)c2cc3ccsc3[nH]2)C1c1ccc(Br)cc1. The number of aromatic amines is 1. The summed E-state index contributed by atoms with van der Waals surface area (Å²) in [4.78, 5) is 31.2. The molecule has 24 heavy (non-hydrogen) atoms. The van der Waals surface area contributed by atoms with E-state index in [2.05, 4.69) is 26.2 Å². The van der Waals surface area contributed by atoms with Crippen molar-refractivity contribution in [2.45, 2.75) is 6.04 Å². The molecule has 0 saturated carbocycles. The number of hydrogen-bond acceptors (Lipinski definition) is 3. The summed E-state index contributed by atoms with van der Waals surface area (Å²) in [5, 5.41) is 5.85. The summed E-state index contributed by atoms with van der Waals surface area (Å²) < 4.78 is 0.935. The fourth-order valence-corrected chi connectivity index (χ4v) is 4.03. The molecule has 5 nitrogen and oxygen atoms in total. The van der Waals surface area contributed by atoms with Gasteiger partial charge in [-0.1, -0.05) is 28.1 Å². The molecule has 1 unspecified atom stereocenters. The molecule has 1 fully saturated rings. The molecule has 0 aliphatic carbocycles. The molecule has 0 radical (unpaired) electrons. The van der Waals surface area contributed by atoms with Crippen molar-refractivity contribution in [1.29, 1.82) is 0 Å². The van der Waals surface area contributed by atoms with Crippen molar-refractivity contribution in [2.75, 3.05) is 13.1 Å². The Morgan fingerprint density at radius 3 is 2.79 bits per heavy atom. The summed E-state index contributed by atoms with van der Waals surface area (Å²) in [6.07, 6.45) is 0. The average Bonchev–Trinajstić information content (AvgIpc) is 3.17. The van der Waals surface area contributed by atoms with E-state index in [4.69, 9.17) is 0 Å². The van der Waals surface area contributed by atoms with Crippen LogP contribution in [0.3, 0.4) is 0 Å². The molecule has 2 amide bonds. The van der Waals surface area contributed by atoms with Gasteiger partial charge in [0.05, 0.1) is 0 Å². The van der Waals surface area contributed by atoms with Crippen molar-refractivity contribution >= 4 is 49.3 Å². The van der Waals surface area contributed by atoms with Crippen LogP contribution in [0.25, 0.3) is 10.2 Å². The minimum absolute atomic E-state index is 0.148. The standard InChI is InChI=1S/C17H14BrN3O2S/c18-12-3-1-10(2-4-12)14-15(22)19-6-7-21(14)17(23)13-9-11-5-8-24-16(11)20-13/h1-5,8-9,14,20H,6-7H2,(H,19,22). The lowest BCUT2D eigenvalue weighted by atomic mass is 10.0. The van der Waals surface area contributed by atoms with E-state index in [9.17, 15) is 9.59 Å². The van der Waals surface area contributed by atoms with Gasteiger partial charge in [-0.25, -0.2) is 0 Å². The smallest absolute Gasteiger partial charge is 0.271 e. The van der Waals surface area contributed by atoms with Gasteiger partial charge in [-0.2, -0.15) is 0 Å². The lowest BCUT2D eigenvalue weighted by Crippen LogP contribution is -2.52. The molecular formula is C17H14BrN3O2S. The highest BCUT2D eigenvalue weighted by atomic mass is 79.9. The third kappa shape index (κ3) is 2.63. The molecular weight excluding hydrogens is 390 g/mol. The number of piperazine rings is 1. The molecule has 1 aromatic carbocycles. The Morgan fingerprint density at radius 2 is 2.04 bits per heavy atom. The second-order valence-corrected chi connectivity index (χ2v) is 7.46. The highest BCUT2D eigenvalue weighted by molar-refractivity contribution is 9.10. The van der Waals surface area contributed by atoms with Gasteiger partial charge in [-0.3, -0.25) is 9.59 Å². The molecule has 1 aliphatic rings. The van der Waals surface area contributed by atoms with E-state index in [-0.39, 0.29) is 11.8 Å². The van der Waals surface area contributed by atoms with Crippen molar-refractivity contribution in [3.63, 3.8) is 0 Å². The first-order valence-electron chi connectivity index (χ1n) is 7.54. The van der Waals surface area contributed by atoms with Gasteiger partial charge in [0.25, 0.3) is 5.91 Å². The maximum Gasteiger partial charge on any atom is 0.271 e. The first-order chi connectivity index (χ1) is 11.6. The first kappa shape index (κ1) is 15.4. The molecule has 0 bridgehead atoms. The molecule has 0 spiro atoms. The summed E-state index contributed by atoms with van der Waals surface area (Å²) in [5.41, 5.74) is 1.32. The number of carbonyl (C=O) groups excluding carboxylic acids is 2. The fraction of sp³-hybridized carbons (Fsp3) is 0.176.